The number of fused-ring (bicyclic) bond motifs is 3. The second-order valence-electron chi connectivity index (χ2n) is 4.91. The van der Waals surface area contributed by atoms with Gasteiger partial charge in [0.05, 0.1) is 6.54 Å². The van der Waals surface area contributed by atoms with Crippen molar-refractivity contribution in [2.45, 2.75) is 13.1 Å². The lowest BCUT2D eigenvalue weighted by molar-refractivity contribution is -0.921. The van der Waals surface area contributed by atoms with Crippen LogP contribution in [0, 0.1) is 0 Å². The summed E-state index contributed by atoms with van der Waals surface area (Å²) in [5, 5.41) is 0. The van der Waals surface area contributed by atoms with Crippen molar-refractivity contribution in [1.82, 2.24) is 0 Å². The van der Waals surface area contributed by atoms with E-state index in [0.29, 0.717) is 0 Å². The van der Waals surface area contributed by atoms with Crippen molar-refractivity contribution >= 4 is 0 Å². The molecule has 0 atom stereocenters. The van der Waals surface area contributed by atoms with Gasteiger partial charge < -0.3 is 17.3 Å². The molecule has 0 saturated heterocycles. The van der Waals surface area contributed by atoms with E-state index < -0.39 is 0 Å². The molecule has 1 heterocycles. The largest absolute Gasteiger partial charge is 1.00 e. The summed E-state index contributed by atoms with van der Waals surface area (Å²) in [4.78, 5) is 1.56. The third kappa shape index (κ3) is 2.73. The van der Waals surface area contributed by atoms with Gasteiger partial charge in [0.2, 0.25) is 0 Å². The van der Waals surface area contributed by atoms with Crippen LogP contribution in [-0.4, -0.2) is 6.54 Å². The van der Waals surface area contributed by atoms with Gasteiger partial charge in [-0.15, -0.1) is 0 Å². The number of nitrogens with one attached hydrogen (secondary N) is 1. The van der Waals surface area contributed by atoms with Gasteiger partial charge in [0.1, 0.15) is 13.1 Å². The van der Waals surface area contributed by atoms with Crippen LogP contribution in [-0.2, 0) is 13.1 Å². The molecule has 1 N–H and O–H groups in total. The lowest BCUT2D eigenvalue weighted by Crippen LogP contribution is -3.09. The minimum Gasteiger partial charge on any atom is -1.00 e. The molecule has 0 unspecified atom stereocenters. The number of hydrogen-bond acceptors (Lipinski definition) is 0. The molecule has 0 amide bonds. The molecule has 2 heteroatoms. The third-order valence-corrected chi connectivity index (χ3v) is 3.64. The number of halogens is 1. The Labute approximate surface area is 122 Å². The van der Waals surface area contributed by atoms with Gasteiger partial charge in [0.15, 0.2) is 0 Å². The van der Waals surface area contributed by atoms with Crippen LogP contribution in [0.5, 0.6) is 0 Å². The lowest BCUT2D eigenvalue weighted by Gasteiger charge is -2.15. The number of quaternary nitrogens is 1. The summed E-state index contributed by atoms with van der Waals surface area (Å²) in [7, 11) is 0. The van der Waals surface area contributed by atoms with Crippen LogP contribution >= 0.6 is 0 Å². The molecule has 98 valence electrons. The molecule has 2 aromatic rings. The van der Waals surface area contributed by atoms with Gasteiger partial charge in [-0.2, -0.15) is 0 Å². The molecule has 1 aliphatic heterocycles. The van der Waals surface area contributed by atoms with Crippen molar-refractivity contribution in [3.8, 4) is 11.1 Å². The van der Waals surface area contributed by atoms with Crippen LogP contribution in [0.15, 0.2) is 61.2 Å². The highest BCUT2D eigenvalue weighted by Gasteiger charge is 2.20. The number of rotatable bonds is 2. The molecular formula is C17H19ClN+. The summed E-state index contributed by atoms with van der Waals surface area (Å²) in [6.45, 7) is 7.05. The molecule has 0 saturated carbocycles. The van der Waals surface area contributed by atoms with Crippen molar-refractivity contribution in [3.63, 3.8) is 0 Å². The van der Waals surface area contributed by atoms with Crippen LogP contribution in [0.3, 0.4) is 0 Å². The Balaban J connectivity index is 0.000001000. The van der Waals surface area contributed by atoms with Crippen LogP contribution in [0.25, 0.3) is 11.1 Å². The van der Waals surface area contributed by atoms with Gasteiger partial charge in [0, 0.05) is 11.1 Å². The number of hydrogen-bond donors (Lipinski definition) is 1. The normalized spacial score (nSPS) is 13.7. The van der Waals surface area contributed by atoms with Crippen molar-refractivity contribution < 1.29 is 18.7 Å². The van der Waals surface area contributed by atoms with Gasteiger partial charge in [-0.1, -0.05) is 55.1 Å². The molecule has 0 aromatic heterocycles. The Bertz CT molecular complexity index is 535. The summed E-state index contributed by atoms with van der Waals surface area (Å²) >= 11 is 0. The topological polar surface area (TPSA) is 4.44 Å². The van der Waals surface area contributed by atoms with E-state index in [1.54, 1.807) is 4.90 Å². The third-order valence-electron chi connectivity index (χ3n) is 3.64. The molecule has 1 nitrogen and oxygen atoms in total. The maximum Gasteiger partial charge on any atom is 1.00 e. The van der Waals surface area contributed by atoms with E-state index in [1.165, 1.54) is 22.3 Å². The first-order chi connectivity index (χ1) is 8.88. The van der Waals surface area contributed by atoms with Crippen LogP contribution < -0.4 is 17.3 Å². The highest BCUT2D eigenvalue weighted by Crippen LogP contribution is 2.28. The van der Waals surface area contributed by atoms with E-state index in [-0.39, 0.29) is 13.8 Å². The van der Waals surface area contributed by atoms with Gasteiger partial charge in [-0.25, -0.2) is 0 Å². The van der Waals surface area contributed by atoms with E-state index in [2.05, 4.69) is 55.1 Å². The summed E-state index contributed by atoms with van der Waals surface area (Å²) < 4.78 is 0. The molecule has 0 fully saturated rings. The number of benzene rings is 2. The minimum absolute atomic E-state index is 0. The van der Waals surface area contributed by atoms with Crippen molar-refractivity contribution in [2.24, 2.45) is 0 Å². The first kappa shape index (κ1) is 13.9. The molecule has 0 radical (unpaired) electrons. The van der Waals surface area contributed by atoms with E-state index in [0.717, 1.165) is 19.6 Å². The average molecular weight is 273 g/mol. The summed E-state index contributed by atoms with van der Waals surface area (Å²) in [5.74, 6) is 0. The summed E-state index contributed by atoms with van der Waals surface area (Å²) in [6.07, 6.45) is 2.02. The maximum absolute atomic E-state index is 3.88. The van der Waals surface area contributed by atoms with Gasteiger partial charge >= 0.3 is 1.43 Å². The van der Waals surface area contributed by atoms with Crippen LogP contribution in [0.1, 0.15) is 12.6 Å². The molecular weight excluding hydrogens is 254 g/mol. The summed E-state index contributed by atoms with van der Waals surface area (Å²) in [5.41, 5.74) is 5.68. The van der Waals surface area contributed by atoms with E-state index in [9.17, 15) is 0 Å². The van der Waals surface area contributed by atoms with Crippen molar-refractivity contribution in [3.05, 3.63) is 72.3 Å². The fraction of sp³-hybridized carbons (Fsp3) is 0.176. The monoisotopic (exact) mass is 272 g/mol. The fourth-order valence-electron chi connectivity index (χ4n) is 2.82. The first-order valence-electron chi connectivity index (χ1n) is 6.49. The van der Waals surface area contributed by atoms with Gasteiger partial charge in [0.25, 0.3) is 0 Å². The zero-order valence-electron chi connectivity index (χ0n) is 11.9. The van der Waals surface area contributed by atoms with E-state index in [4.69, 9.17) is 0 Å². The Morgan fingerprint density at radius 1 is 0.947 bits per heavy atom. The molecule has 2 aromatic carbocycles. The SMILES string of the molecule is C=CC[NH+]1Cc2ccccc2-c2ccccc2C1.[Cl-].[H+]. The fourth-order valence-corrected chi connectivity index (χ4v) is 2.82. The van der Waals surface area contributed by atoms with Crippen LogP contribution in [0.2, 0.25) is 0 Å². The highest BCUT2D eigenvalue weighted by atomic mass is 35.5. The van der Waals surface area contributed by atoms with E-state index >= 15 is 0 Å². The zero-order valence-corrected chi connectivity index (χ0v) is 11.7. The van der Waals surface area contributed by atoms with Crippen molar-refractivity contribution in [1.29, 1.82) is 0 Å². The minimum atomic E-state index is 0. The molecule has 3 rings (SSSR count). The predicted octanol–water partition coefficient (Wildman–Crippen LogP) is -0.445. The maximum atomic E-state index is 3.88. The smallest absolute Gasteiger partial charge is 1.00 e. The standard InChI is InChI=1S/C17H17N.ClH/c1-2-11-18-12-14-7-3-5-9-16(14)17-10-6-4-8-15(17)13-18;/h2-10H,1,11-13H2;1H/p+1. The first-order valence-corrected chi connectivity index (χ1v) is 6.49. The molecule has 0 bridgehead atoms. The van der Waals surface area contributed by atoms with Crippen molar-refractivity contribution in [2.75, 3.05) is 6.54 Å². The Kier molecular flexibility index (Phi) is 4.41. The second kappa shape index (κ2) is 6.05. The highest BCUT2D eigenvalue weighted by molar-refractivity contribution is 5.70. The van der Waals surface area contributed by atoms with Gasteiger partial charge in [-0.3, -0.25) is 0 Å². The predicted molar refractivity (Wildman–Crippen MR) is 76.4 cm³/mol. The van der Waals surface area contributed by atoms with Crippen LogP contribution in [0.4, 0.5) is 0 Å². The van der Waals surface area contributed by atoms with Gasteiger partial charge in [-0.05, 0) is 17.2 Å². The quantitative estimate of drug-likeness (QED) is 0.707. The molecule has 1 aliphatic rings. The Morgan fingerprint density at radius 3 is 1.89 bits per heavy atom. The second-order valence-corrected chi connectivity index (χ2v) is 4.91. The molecule has 19 heavy (non-hydrogen) atoms. The lowest BCUT2D eigenvalue weighted by atomic mass is 9.97. The molecule has 0 aliphatic carbocycles. The zero-order chi connectivity index (χ0) is 12.4. The molecule has 0 spiro atoms. The average Bonchev–Trinajstić information content (AvgIpc) is 2.55. The van der Waals surface area contributed by atoms with E-state index in [1.807, 2.05) is 6.08 Å². The Morgan fingerprint density at radius 2 is 1.42 bits per heavy atom. The summed E-state index contributed by atoms with van der Waals surface area (Å²) in [6, 6.07) is 17.5. The Hall–Kier alpha value is -1.57.